The van der Waals surface area contributed by atoms with Crippen molar-refractivity contribution in [1.29, 1.82) is 0 Å². The van der Waals surface area contributed by atoms with Gasteiger partial charge in [-0.2, -0.15) is 0 Å². The first-order chi connectivity index (χ1) is 9.86. The predicted octanol–water partition coefficient (Wildman–Crippen LogP) is 1.42. The smallest absolute Gasteiger partial charge is 0.163 e. The molecule has 0 fully saturated rings. The van der Waals surface area contributed by atoms with E-state index in [9.17, 15) is 0 Å². The first-order valence-corrected chi connectivity index (χ1v) is 6.71. The molecule has 0 aliphatic carbocycles. The van der Waals surface area contributed by atoms with Gasteiger partial charge in [-0.3, -0.25) is 0 Å². The molecule has 1 radical (unpaired) electrons. The summed E-state index contributed by atoms with van der Waals surface area (Å²) in [5.41, 5.74) is 8.01. The highest BCUT2D eigenvalue weighted by atomic mass is 16.6. The molecule has 111 valence electrons. The molecular weight excluding hydrogens is 262 g/mol. The molecular formula is C14H20NO5. The molecule has 0 atom stereocenters. The average molecular weight is 282 g/mol. The van der Waals surface area contributed by atoms with Crippen LogP contribution in [0.25, 0.3) is 0 Å². The molecule has 1 aromatic carbocycles. The second-order valence-corrected chi connectivity index (χ2v) is 4.20. The van der Waals surface area contributed by atoms with Gasteiger partial charge in [-0.15, -0.1) is 0 Å². The second kappa shape index (κ2) is 8.63. The predicted molar refractivity (Wildman–Crippen MR) is 72.6 cm³/mol. The summed E-state index contributed by atoms with van der Waals surface area (Å²) in [7, 11) is 0. The van der Waals surface area contributed by atoms with Gasteiger partial charge in [-0.25, -0.2) is 0 Å². The lowest BCUT2D eigenvalue weighted by Gasteiger charge is -2.13. The molecule has 1 aliphatic heterocycles. The lowest BCUT2D eigenvalue weighted by molar-refractivity contribution is 0.00708. The van der Waals surface area contributed by atoms with Crippen LogP contribution in [0.15, 0.2) is 18.2 Å². The van der Waals surface area contributed by atoms with Crippen molar-refractivity contribution in [3.05, 3.63) is 18.2 Å². The Morgan fingerprint density at radius 1 is 0.650 bits per heavy atom. The van der Waals surface area contributed by atoms with Crippen molar-refractivity contribution in [3.63, 3.8) is 0 Å². The van der Waals surface area contributed by atoms with Gasteiger partial charge < -0.3 is 29.4 Å². The van der Waals surface area contributed by atoms with E-state index in [1.54, 1.807) is 18.2 Å². The first kappa shape index (κ1) is 14.9. The number of hydrogen-bond donors (Lipinski definition) is 0. The maximum Gasteiger partial charge on any atom is 0.163 e. The van der Waals surface area contributed by atoms with E-state index in [0.717, 1.165) is 0 Å². The third-order valence-corrected chi connectivity index (χ3v) is 2.66. The van der Waals surface area contributed by atoms with Gasteiger partial charge in [0.25, 0.3) is 0 Å². The van der Waals surface area contributed by atoms with Crippen molar-refractivity contribution in [2.24, 2.45) is 0 Å². The van der Waals surface area contributed by atoms with Gasteiger partial charge in [-0.1, -0.05) is 0 Å². The van der Waals surface area contributed by atoms with Gasteiger partial charge in [0.1, 0.15) is 13.2 Å². The summed E-state index contributed by atoms with van der Waals surface area (Å²) >= 11 is 0. The quantitative estimate of drug-likeness (QED) is 0.720. The molecule has 0 spiro atoms. The maximum atomic E-state index is 7.62. The standard InChI is InChI=1S/C14H20NO5/c15-12-1-2-13-14(11-12)20-10-8-18-6-4-16-3-5-17-7-9-19-13/h1-2,11,15H,3-10H2. The summed E-state index contributed by atoms with van der Waals surface area (Å²) in [4.78, 5) is 0. The molecule has 0 bridgehead atoms. The fourth-order valence-electron chi connectivity index (χ4n) is 1.70. The monoisotopic (exact) mass is 282 g/mol. The van der Waals surface area contributed by atoms with Gasteiger partial charge in [0.2, 0.25) is 0 Å². The molecule has 0 saturated carbocycles. The zero-order valence-electron chi connectivity index (χ0n) is 11.4. The van der Waals surface area contributed by atoms with E-state index in [2.05, 4.69) is 0 Å². The van der Waals surface area contributed by atoms with Crippen molar-refractivity contribution in [3.8, 4) is 11.5 Å². The van der Waals surface area contributed by atoms with Gasteiger partial charge >= 0.3 is 0 Å². The Bertz CT molecular complexity index is 399. The number of rotatable bonds is 0. The van der Waals surface area contributed by atoms with Crippen molar-refractivity contribution >= 4 is 5.69 Å². The van der Waals surface area contributed by atoms with Gasteiger partial charge in [-0.05, 0) is 12.1 Å². The van der Waals surface area contributed by atoms with Crippen molar-refractivity contribution < 1.29 is 23.7 Å². The van der Waals surface area contributed by atoms with Crippen molar-refractivity contribution in [2.75, 3.05) is 52.9 Å². The van der Waals surface area contributed by atoms with E-state index in [4.69, 9.17) is 29.4 Å². The number of benzene rings is 1. The minimum atomic E-state index is 0.385. The van der Waals surface area contributed by atoms with Crippen LogP contribution in [0, 0.1) is 0 Å². The third-order valence-electron chi connectivity index (χ3n) is 2.66. The largest absolute Gasteiger partial charge is 0.487 e. The van der Waals surface area contributed by atoms with E-state index in [-0.39, 0.29) is 0 Å². The minimum absolute atomic E-state index is 0.385. The summed E-state index contributed by atoms with van der Waals surface area (Å²) in [5, 5.41) is 0. The zero-order valence-corrected chi connectivity index (χ0v) is 11.4. The highest BCUT2D eigenvalue weighted by molar-refractivity contribution is 5.50. The van der Waals surface area contributed by atoms with Crippen LogP contribution in [0.5, 0.6) is 11.5 Å². The Labute approximate surface area is 118 Å². The Morgan fingerprint density at radius 2 is 1.15 bits per heavy atom. The Kier molecular flexibility index (Phi) is 6.43. The van der Waals surface area contributed by atoms with E-state index < -0.39 is 0 Å². The summed E-state index contributed by atoms with van der Waals surface area (Å²) < 4.78 is 27.3. The van der Waals surface area contributed by atoms with Gasteiger partial charge in [0.15, 0.2) is 11.5 Å². The topological polar surface area (TPSA) is 70.0 Å². The molecule has 1 aromatic rings. The van der Waals surface area contributed by atoms with Crippen LogP contribution in [-0.4, -0.2) is 52.9 Å². The SMILES string of the molecule is [NH]c1ccc2c(c1)OCCOCCOCCOCCO2. The van der Waals surface area contributed by atoms with Crippen LogP contribution < -0.4 is 15.2 Å². The van der Waals surface area contributed by atoms with E-state index in [0.29, 0.717) is 70.0 Å². The summed E-state index contributed by atoms with van der Waals surface area (Å²) in [5.74, 6) is 1.18. The van der Waals surface area contributed by atoms with Crippen LogP contribution in [0.2, 0.25) is 0 Å². The molecule has 0 unspecified atom stereocenters. The fourth-order valence-corrected chi connectivity index (χ4v) is 1.70. The third kappa shape index (κ3) is 5.24. The van der Waals surface area contributed by atoms with Crippen LogP contribution in [0.1, 0.15) is 0 Å². The highest BCUT2D eigenvalue weighted by Crippen LogP contribution is 2.29. The summed E-state index contributed by atoms with van der Waals surface area (Å²) in [6.07, 6.45) is 0. The van der Waals surface area contributed by atoms with Crippen LogP contribution in [-0.2, 0) is 14.2 Å². The highest BCUT2D eigenvalue weighted by Gasteiger charge is 2.07. The molecule has 0 aromatic heterocycles. The fraction of sp³-hybridized carbons (Fsp3) is 0.571. The average Bonchev–Trinajstić information content (AvgIpc) is 2.45. The Balaban J connectivity index is 1.93. The second-order valence-electron chi connectivity index (χ2n) is 4.20. The van der Waals surface area contributed by atoms with E-state index in [1.165, 1.54) is 0 Å². The lowest BCUT2D eigenvalue weighted by atomic mass is 10.3. The van der Waals surface area contributed by atoms with Crippen molar-refractivity contribution in [1.82, 2.24) is 5.73 Å². The minimum Gasteiger partial charge on any atom is -0.487 e. The molecule has 1 aliphatic rings. The number of fused-ring (bicyclic) bond motifs is 1. The zero-order chi connectivity index (χ0) is 14.0. The maximum absolute atomic E-state index is 7.62. The molecule has 20 heavy (non-hydrogen) atoms. The van der Waals surface area contributed by atoms with Crippen LogP contribution in [0.4, 0.5) is 5.69 Å². The lowest BCUT2D eigenvalue weighted by Crippen LogP contribution is -2.13. The van der Waals surface area contributed by atoms with Crippen molar-refractivity contribution in [2.45, 2.75) is 0 Å². The molecule has 0 amide bonds. The Morgan fingerprint density at radius 3 is 1.75 bits per heavy atom. The molecule has 1 N–H and O–H groups in total. The molecule has 2 rings (SSSR count). The van der Waals surface area contributed by atoms with Crippen LogP contribution >= 0.6 is 0 Å². The molecule has 6 heteroatoms. The van der Waals surface area contributed by atoms with Gasteiger partial charge in [0.05, 0.1) is 45.3 Å². The van der Waals surface area contributed by atoms with E-state index >= 15 is 0 Å². The number of hydrogen-bond acceptors (Lipinski definition) is 5. The van der Waals surface area contributed by atoms with E-state index in [1.807, 2.05) is 0 Å². The van der Waals surface area contributed by atoms with Gasteiger partial charge in [0, 0.05) is 6.07 Å². The number of nitrogens with one attached hydrogen (secondary N) is 1. The Hall–Kier alpha value is -1.50. The first-order valence-electron chi connectivity index (χ1n) is 6.71. The number of ether oxygens (including phenoxy) is 5. The summed E-state index contributed by atoms with van der Waals surface area (Å²) in [6.45, 7) is 3.99. The normalized spacial score (nSPS) is 18.8. The molecule has 1 heterocycles. The van der Waals surface area contributed by atoms with Crippen LogP contribution in [0.3, 0.4) is 0 Å². The summed E-state index contributed by atoms with van der Waals surface area (Å²) in [6, 6.07) is 5.04. The molecule has 0 saturated heterocycles. The molecule has 6 nitrogen and oxygen atoms in total.